The molecular formula is C74H96N8O15. The third-order valence-corrected chi connectivity index (χ3v) is 17.8. The van der Waals surface area contributed by atoms with Gasteiger partial charge in [0.2, 0.25) is 41.2 Å². The van der Waals surface area contributed by atoms with Gasteiger partial charge in [0.05, 0.1) is 32.1 Å². The SMILES string of the molecule is COc1ccc(CC[C@H]2OC(=O)[C@@H]3CCCCN3C(=O)C(=O)C(C)(C)COC(=O)C=CCCN(C)C(=O)[C@H](CC(C)C)N(C)C(=O)[C@H]3CCCN3C(=O)[C@H](Cc3ccc(CNC(=O)CN(C)C)cc3)NC(=O)[C@H](c3ccccc3)CC(=O)CCC(=O)Nc3cccc2c3)cc1OC. The fraction of sp³-hybridized carbons (Fsp3) is 0.500. The second kappa shape index (κ2) is 35.7. The molecule has 3 aliphatic rings. The number of fused-ring (bicyclic) bond motifs is 4. The van der Waals surface area contributed by atoms with Crippen molar-refractivity contribution in [2.45, 2.75) is 154 Å². The number of rotatable bonds is 14. The Kier molecular flexibility index (Phi) is 27.6. The Morgan fingerprint density at radius 1 is 0.732 bits per heavy atom. The topological polar surface area (TPSA) is 277 Å². The smallest absolute Gasteiger partial charge is 0.330 e. The number of ether oxygens (including phenoxy) is 4. The van der Waals surface area contributed by atoms with E-state index in [0.29, 0.717) is 59.6 Å². The molecule has 4 aromatic carbocycles. The van der Waals surface area contributed by atoms with Gasteiger partial charge >= 0.3 is 11.9 Å². The van der Waals surface area contributed by atoms with E-state index in [1.807, 2.05) is 38.1 Å². The molecule has 7 amide bonds. The first-order valence-corrected chi connectivity index (χ1v) is 33.5. The molecule has 2 bridgehead atoms. The van der Waals surface area contributed by atoms with Gasteiger partial charge in [-0.15, -0.1) is 0 Å². The van der Waals surface area contributed by atoms with Gasteiger partial charge in [-0.2, -0.15) is 0 Å². The van der Waals surface area contributed by atoms with Gasteiger partial charge in [0.1, 0.15) is 42.7 Å². The Morgan fingerprint density at radius 3 is 2.11 bits per heavy atom. The molecule has 7 rings (SSSR count). The number of anilines is 1. The third-order valence-electron chi connectivity index (χ3n) is 17.8. The van der Waals surface area contributed by atoms with Crippen LogP contribution in [0.5, 0.6) is 11.5 Å². The van der Waals surface area contributed by atoms with Crippen molar-refractivity contribution in [3.05, 3.63) is 137 Å². The van der Waals surface area contributed by atoms with E-state index in [9.17, 15) is 43.2 Å². The highest BCUT2D eigenvalue weighted by Crippen LogP contribution is 2.34. The second-order valence-electron chi connectivity index (χ2n) is 26.7. The standard InChI is InChI=1S/C74H96N8O15/c1-48(2)40-60-70(90)79(7)37-16-15-26-66(86)96-47-74(3,4)67(87)72(92)82-38-17-14-24-59(82)73(93)97-61(34-31-50-32-35-62(94-9)63(42-50)95-10)53-22-18-23-54(43-53)76-64(84)36-33-55(83)44-56(52-20-12-11-13-21-52)68(88)77-57(69(89)81-39-19-25-58(81)71(91)80(60)8)41-49-27-29-51(30-28-49)45-75-65(85)46-78(5)6/h11-13,15,18,20-23,26-30,32,35,42-43,48,56-61H,14,16-17,19,24-25,31,33-34,36-41,44-47H2,1-10H3,(H,75,85)(H,76,84)(H,77,88)/t56-,57-,58+,59-,60-,61+/m0/s1. The number of carbonyl (C=O) groups excluding carboxylic acids is 11. The normalized spacial score (nSPS) is 22.1. The van der Waals surface area contributed by atoms with Crippen LogP contribution in [0.4, 0.5) is 5.69 Å². The van der Waals surface area contributed by atoms with E-state index in [-0.39, 0.29) is 108 Å². The van der Waals surface area contributed by atoms with Crippen molar-refractivity contribution in [1.29, 1.82) is 0 Å². The first kappa shape index (κ1) is 75.1. The number of hydrogen-bond acceptors (Lipinski definition) is 16. The average molecular weight is 1340 g/mol. The number of ketones is 2. The Balaban J connectivity index is 1.20. The molecule has 23 heteroatoms. The third kappa shape index (κ3) is 21.4. The van der Waals surface area contributed by atoms with Crippen LogP contribution >= 0.6 is 0 Å². The van der Waals surface area contributed by atoms with Crippen LogP contribution < -0.4 is 25.4 Å². The summed E-state index contributed by atoms with van der Waals surface area (Å²) < 4.78 is 22.9. The zero-order valence-corrected chi connectivity index (χ0v) is 57.7. The van der Waals surface area contributed by atoms with Gasteiger partial charge in [-0.25, -0.2) is 9.59 Å². The van der Waals surface area contributed by atoms with Gasteiger partial charge in [0.25, 0.3) is 5.91 Å². The number of cyclic esters (lactones) is 2. The Labute approximate surface area is 569 Å². The summed E-state index contributed by atoms with van der Waals surface area (Å²) in [4.78, 5) is 164. The zero-order valence-electron chi connectivity index (χ0n) is 57.7. The van der Waals surface area contributed by atoms with E-state index in [4.69, 9.17) is 18.9 Å². The quantitative estimate of drug-likeness (QED) is 0.0839. The number of likely N-dealkylation sites (N-methyl/N-ethyl adjacent to an activating group) is 3. The van der Waals surface area contributed by atoms with E-state index in [1.165, 1.54) is 59.8 Å². The van der Waals surface area contributed by atoms with Gasteiger partial charge in [-0.1, -0.05) is 92.7 Å². The van der Waals surface area contributed by atoms with E-state index in [0.717, 1.165) is 11.1 Å². The van der Waals surface area contributed by atoms with E-state index >= 15 is 9.59 Å². The maximum absolute atomic E-state index is 15.3. The van der Waals surface area contributed by atoms with Gasteiger partial charge in [-0.3, -0.25) is 43.2 Å². The molecule has 97 heavy (non-hydrogen) atoms. The molecular weight excluding hydrogens is 1240 g/mol. The highest BCUT2D eigenvalue weighted by Gasteiger charge is 2.44. The fourth-order valence-electron chi connectivity index (χ4n) is 12.3. The van der Waals surface area contributed by atoms with Crippen LogP contribution in [0.25, 0.3) is 0 Å². The lowest BCUT2D eigenvalue weighted by atomic mass is 9.87. The summed E-state index contributed by atoms with van der Waals surface area (Å²) in [5.74, 6) is -6.64. The summed E-state index contributed by atoms with van der Waals surface area (Å²) in [6.45, 7) is 7.18. The van der Waals surface area contributed by atoms with Gasteiger partial charge in [-0.05, 0) is 144 Å². The van der Waals surface area contributed by atoms with Crippen LogP contribution in [0.15, 0.2) is 109 Å². The summed E-state index contributed by atoms with van der Waals surface area (Å²) in [5, 5.41) is 8.76. The lowest BCUT2D eigenvalue weighted by molar-refractivity contribution is -0.165. The Morgan fingerprint density at radius 2 is 1.41 bits per heavy atom. The van der Waals surface area contributed by atoms with Crippen molar-refractivity contribution in [3.8, 4) is 11.5 Å². The molecule has 4 aromatic rings. The van der Waals surface area contributed by atoms with E-state index in [2.05, 4.69) is 16.0 Å². The van der Waals surface area contributed by atoms with Crippen molar-refractivity contribution in [1.82, 2.24) is 35.1 Å². The number of carbonyl (C=O) groups is 11. The minimum absolute atomic E-state index is 0.0216. The molecule has 3 N–H and O–H groups in total. The summed E-state index contributed by atoms with van der Waals surface area (Å²) in [6, 6.07) is 23.7. The summed E-state index contributed by atoms with van der Waals surface area (Å²) >= 11 is 0. The van der Waals surface area contributed by atoms with Crippen molar-refractivity contribution >= 4 is 70.5 Å². The maximum atomic E-state index is 15.3. The number of Topliss-reactive ketones (excluding diaryl/α,β-unsaturated/α-hetero) is 2. The lowest BCUT2D eigenvalue weighted by Gasteiger charge is -2.36. The number of amides is 7. The van der Waals surface area contributed by atoms with Crippen molar-refractivity contribution in [2.24, 2.45) is 11.3 Å². The Bertz CT molecular complexity index is 3480. The van der Waals surface area contributed by atoms with Crippen LogP contribution in [-0.2, 0) is 81.6 Å². The van der Waals surface area contributed by atoms with Gasteiger partial charge in [0, 0.05) is 77.7 Å². The number of methoxy groups -OCH3 is 2. The van der Waals surface area contributed by atoms with Gasteiger partial charge < -0.3 is 59.4 Å². The number of esters is 2. The minimum Gasteiger partial charge on any atom is -0.493 e. The van der Waals surface area contributed by atoms with Crippen molar-refractivity contribution < 1.29 is 71.7 Å². The largest absolute Gasteiger partial charge is 0.493 e. The molecule has 23 nitrogen and oxygen atoms in total. The van der Waals surface area contributed by atoms with Crippen molar-refractivity contribution in [3.63, 3.8) is 0 Å². The molecule has 522 valence electrons. The molecule has 0 spiro atoms. The highest BCUT2D eigenvalue weighted by molar-refractivity contribution is 6.38. The Hall–Kier alpha value is -9.25. The van der Waals surface area contributed by atoms with Crippen LogP contribution in [-0.4, -0.2) is 189 Å². The van der Waals surface area contributed by atoms with Gasteiger partial charge in [0.15, 0.2) is 11.5 Å². The number of nitrogens with zero attached hydrogens (tertiary/aromatic N) is 5. The average Bonchev–Trinajstić information content (AvgIpc) is 1.76. The van der Waals surface area contributed by atoms with Crippen LogP contribution in [0, 0.1) is 11.3 Å². The molecule has 0 aromatic heterocycles. The van der Waals surface area contributed by atoms with E-state index < -0.39 is 101 Å². The molecule has 0 unspecified atom stereocenters. The first-order valence-electron chi connectivity index (χ1n) is 33.5. The molecule has 2 saturated heterocycles. The number of aryl methyl sites for hydroxylation is 1. The first-order chi connectivity index (χ1) is 46.3. The second-order valence-corrected chi connectivity index (χ2v) is 26.7. The fourth-order valence-corrected chi connectivity index (χ4v) is 12.3. The number of nitrogens with one attached hydrogen (secondary N) is 3. The van der Waals surface area contributed by atoms with Crippen molar-refractivity contribution in [2.75, 3.05) is 80.5 Å². The summed E-state index contributed by atoms with van der Waals surface area (Å²) in [7, 11) is 9.77. The lowest BCUT2D eigenvalue weighted by Crippen LogP contribution is -2.57. The number of piperidine rings is 1. The number of hydrogen-bond donors (Lipinski definition) is 3. The predicted molar refractivity (Wildman–Crippen MR) is 364 cm³/mol. The van der Waals surface area contributed by atoms with E-state index in [1.54, 1.807) is 106 Å². The maximum Gasteiger partial charge on any atom is 0.330 e. The molecule has 3 aliphatic heterocycles. The number of benzene rings is 4. The molecule has 3 heterocycles. The molecule has 6 atom stereocenters. The monoisotopic (exact) mass is 1340 g/mol. The summed E-state index contributed by atoms with van der Waals surface area (Å²) in [5.41, 5.74) is 2.06. The molecule has 0 saturated carbocycles. The molecule has 0 aliphatic carbocycles. The summed E-state index contributed by atoms with van der Waals surface area (Å²) in [6.07, 6.45) is 3.91. The predicted octanol–water partition coefficient (Wildman–Crippen LogP) is 7.09. The molecule has 2 fully saturated rings. The minimum atomic E-state index is -1.52. The molecule has 0 radical (unpaired) electrons. The van der Waals surface area contributed by atoms with Crippen LogP contribution in [0.3, 0.4) is 0 Å². The van der Waals surface area contributed by atoms with Crippen LogP contribution in [0.1, 0.15) is 138 Å². The zero-order chi connectivity index (χ0) is 70.5. The van der Waals surface area contributed by atoms with Crippen LogP contribution in [0.2, 0.25) is 0 Å². The highest BCUT2D eigenvalue weighted by atomic mass is 16.5.